The van der Waals surface area contributed by atoms with E-state index in [1.54, 1.807) is 0 Å². The molecule has 0 atom stereocenters. The van der Waals surface area contributed by atoms with Gasteiger partial charge in [-0.1, -0.05) is 24.3 Å². The van der Waals surface area contributed by atoms with Crippen LogP contribution in [0.3, 0.4) is 0 Å². The first-order valence-electron chi connectivity index (χ1n) is 3.32. The van der Waals surface area contributed by atoms with Gasteiger partial charge in [0.05, 0.1) is 0 Å². The van der Waals surface area contributed by atoms with Crippen LogP contribution < -0.4 is 0 Å². The van der Waals surface area contributed by atoms with Crippen molar-refractivity contribution in [2.24, 2.45) is 0 Å². The van der Waals surface area contributed by atoms with Crippen LogP contribution in [0.5, 0.6) is 0 Å². The van der Waals surface area contributed by atoms with Crippen LogP contribution in [0.25, 0.3) is 0 Å². The molecule has 0 heterocycles. The van der Waals surface area contributed by atoms with Gasteiger partial charge in [-0.05, 0) is 17.5 Å². The number of hydrogen-bond donors (Lipinski definition) is 3. The van der Waals surface area contributed by atoms with E-state index in [9.17, 15) is 0 Å². The Balaban J connectivity index is 0.000000130. The van der Waals surface area contributed by atoms with Crippen LogP contribution in [-0.4, -0.2) is 14.7 Å². The molecule has 1 aromatic rings. The molecular weight excluding hydrogens is 179 g/mol. The lowest BCUT2D eigenvalue weighted by Crippen LogP contribution is -1.66. The molecule has 0 fully saturated rings. The fraction of sp³-hybridized carbons (Fsp3) is 0.143. The Morgan fingerprint density at radius 2 is 1.42 bits per heavy atom. The van der Waals surface area contributed by atoms with Crippen LogP contribution >= 0.6 is 7.82 Å². The first-order valence-corrected chi connectivity index (χ1v) is 4.88. The lowest BCUT2D eigenvalue weighted by Gasteiger charge is -1.82. The highest BCUT2D eigenvalue weighted by atomic mass is 31.2. The van der Waals surface area contributed by atoms with Crippen LogP contribution in [0.2, 0.25) is 0 Å². The zero-order valence-corrected chi connectivity index (χ0v) is 7.11. The lowest BCUT2D eigenvalue weighted by atomic mass is 10.4. The largest absolute Gasteiger partial charge is 0.466 e. The Morgan fingerprint density at radius 3 is 1.67 bits per heavy atom. The van der Waals surface area contributed by atoms with Gasteiger partial charge in [0.25, 0.3) is 0 Å². The zero-order valence-electron chi connectivity index (χ0n) is 6.21. The smallest absolute Gasteiger partial charge is 0.303 e. The summed E-state index contributed by atoms with van der Waals surface area (Å²) < 4.78 is 8.88. The number of hydrogen-bond acceptors (Lipinski definition) is 1. The van der Waals surface area contributed by atoms with Gasteiger partial charge in [0.1, 0.15) is 0 Å². The molecule has 3 N–H and O–H groups in total. The minimum atomic E-state index is -4.64. The van der Waals surface area contributed by atoms with Gasteiger partial charge >= 0.3 is 7.82 Å². The molecule has 2 rings (SSSR count). The zero-order chi connectivity index (χ0) is 9.19. The van der Waals surface area contributed by atoms with E-state index in [1.807, 2.05) is 0 Å². The van der Waals surface area contributed by atoms with Crippen molar-refractivity contribution >= 4 is 7.82 Å². The molecule has 0 aliphatic heterocycles. The molecule has 12 heavy (non-hydrogen) atoms. The highest BCUT2D eigenvalue weighted by molar-refractivity contribution is 7.45. The van der Waals surface area contributed by atoms with E-state index in [0.29, 0.717) is 0 Å². The summed E-state index contributed by atoms with van der Waals surface area (Å²) in [6.45, 7) is 0. The SMILES string of the molecule is O=P(O)(O)O.c1ccc2c(c1)C2. The summed E-state index contributed by atoms with van der Waals surface area (Å²) in [7, 11) is -4.64. The maximum Gasteiger partial charge on any atom is 0.466 e. The molecule has 0 amide bonds. The van der Waals surface area contributed by atoms with Crippen molar-refractivity contribution in [3.8, 4) is 0 Å². The maximum absolute atomic E-state index is 8.88. The van der Waals surface area contributed by atoms with Crippen molar-refractivity contribution in [3.63, 3.8) is 0 Å². The predicted molar refractivity (Wildman–Crippen MR) is 43.5 cm³/mol. The maximum atomic E-state index is 8.88. The van der Waals surface area contributed by atoms with Gasteiger partial charge in [-0.2, -0.15) is 0 Å². The van der Waals surface area contributed by atoms with Gasteiger partial charge in [0, 0.05) is 0 Å². The van der Waals surface area contributed by atoms with Crippen molar-refractivity contribution in [3.05, 3.63) is 35.4 Å². The standard InChI is InChI=1S/C7H6.H3O4P/c1-2-4-7-5-6(7)3-1;1-5(2,3)4/h1-4H,5H2;(H3,1,2,3,4). The van der Waals surface area contributed by atoms with E-state index >= 15 is 0 Å². The number of fused-ring (bicyclic) bond motifs is 1. The highest BCUT2D eigenvalue weighted by Crippen LogP contribution is 2.26. The molecule has 1 aliphatic carbocycles. The number of benzene rings is 1. The molecule has 0 saturated carbocycles. The van der Waals surface area contributed by atoms with Gasteiger partial charge in [0.2, 0.25) is 0 Å². The van der Waals surface area contributed by atoms with Gasteiger partial charge in [-0.15, -0.1) is 0 Å². The Kier molecular flexibility index (Phi) is 2.65. The first kappa shape index (κ1) is 9.42. The Hall–Kier alpha value is -0.670. The third kappa shape index (κ3) is 4.26. The first-order chi connectivity index (χ1) is 5.47. The number of rotatable bonds is 0. The summed E-state index contributed by atoms with van der Waals surface area (Å²) in [5.74, 6) is 0. The summed E-state index contributed by atoms with van der Waals surface area (Å²) in [6, 6.07) is 8.53. The predicted octanol–water partition coefficient (Wildman–Crippen LogP) is 0.662. The van der Waals surface area contributed by atoms with Crippen molar-refractivity contribution in [1.29, 1.82) is 0 Å². The van der Waals surface area contributed by atoms with Gasteiger partial charge in [-0.3, -0.25) is 0 Å². The van der Waals surface area contributed by atoms with E-state index < -0.39 is 7.82 Å². The average molecular weight is 188 g/mol. The van der Waals surface area contributed by atoms with E-state index in [0.717, 1.165) is 0 Å². The molecule has 1 aliphatic rings. The van der Waals surface area contributed by atoms with Crippen molar-refractivity contribution in [2.75, 3.05) is 0 Å². The molecule has 0 aromatic heterocycles. The Morgan fingerprint density at radius 1 is 1.08 bits per heavy atom. The third-order valence-electron chi connectivity index (χ3n) is 1.37. The second-order valence-corrected chi connectivity index (χ2v) is 3.49. The van der Waals surface area contributed by atoms with Crippen molar-refractivity contribution < 1.29 is 19.2 Å². The van der Waals surface area contributed by atoms with Crippen molar-refractivity contribution in [2.45, 2.75) is 6.42 Å². The summed E-state index contributed by atoms with van der Waals surface area (Å²) in [6.07, 6.45) is 1.24. The van der Waals surface area contributed by atoms with E-state index in [4.69, 9.17) is 19.2 Å². The summed E-state index contributed by atoms with van der Waals surface area (Å²) in [5.41, 5.74) is 3.06. The second-order valence-electron chi connectivity index (χ2n) is 2.46. The molecule has 0 saturated heterocycles. The quantitative estimate of drug-likeness (QED) is 0.531. The molecule has 5 heteroatoms. The molecule has 66 valence electrons. The minimum absolute atomic E-state index is 1.24. The second kappa shape index (κ2) is 3.37. The summed E-state index contributed by atoms with van der Waals surface area (Å²) in [5, 5.41) is 0. The molecule has 0 radical (unpaired) electrons. The van der Waals surface area contributed by atoms with E-state index in [2.05, 4.69) is 24.3 Å². The Bertz CT molecular complexity index is 288. The summed E-state index contributed by atoms with van der Waals surface area (Å²) >= 11 is 0. The number of phosphoric acid groups is 1. The average Bonchev–Trinajstić information content (AvgIpc) is 2.59. The van der Waals surface area contributed by atoms with Crippen LogP contribution in [0.1, 0.15) is 11.1 Å². The van der Waals surface area contributed by atoms with Gasteiger partial charge in [-0.25, -0.2) is 4.57 Å². The fourth-order valence-electron chi connectivity index (χ4n) is 0.836. The normalized spacial score (nSPS) is 12.6. The van der Waals surface area contributed by atoms with E-state index in [1.165, 1.54) is 17.5 Å². The van der Waals surface area contributed by atoms with Crippen LogP contribution in [-0.2, 0) is 11.0 Å². The lowest BCUT2D eigenvalue weighted by molar-refractivity contribution is 0.275. The van der Waals surface area contributed by atoms with Crippen LogP contribution in [0.4, 0.5) is 0 Å². The Labute approximate surface area is 69.7 Å². The molecule has 1 aromatic carbocycles. The molecule has 0 unspecified atom stereocenters. The highest BCUT2D eigenvalue weighted by Gasteiger charge is 2.12. The third-order valence-corrected chi connectivity index (χ3v) is 1.37. The molecule has 4 nitrogen and oxygen atoms in total. The fourth-order valence-corrected chi connectivity index (χ4v) is 0.836. The van der Waals surface area contributed by atoms with Crippen LogP contribution in [0, 0.1) is 0 Å². The molecular formula is C7H9O4P. The van der Waals surface area contributed by atoms with E-state index in [-0.39, 0.29) is 0 Å². The monoisotopic (exact) mass is 188 g/mol. The minimum Gasteiger partial charge on any atom is -0.303 e. The van der Waals surface area contributed by atoms with Crippen LogP contribution in [0.15, 0.2) is 24.3 Å². The molecule has 0 spiro atoms. The van der Waals surface area contributed by atoms with Crippen molar-refractivity contribution in [1.82, 2.24) is 0 Å². The topological polar surface area (TPSA) is 77.8 Å². The van der Waals surface area contributed by atoms with Gasteiger partial charge < -0.3 is 14.7 Å². The molecule has 0 bridgehead atoms. The summed E-state index contributed by atoms with van der Waals surface area (Å²) in [4.78, 5) is 21.6. The van der Waals surface area contributed by atoms with Gasteiger partial charge in [0.15, 0.2) is 0 Å².